The van der Waals surface area contributed by atoms with Crippen molar-refractivity contribution >= 4 is 27.3 Å². The molecular formula is C19H22ClNO4S. The number of amides is 1. The Morgan fingerprint density at radius 1 is 1.12 bits per heavy atom. The maximum Gasteiger partial charge on any atom is 0.226 e. The molecule has 1 amide bonds. The van der Waals surface area contributed by atoms with Crippen LogP contribution < -0.4 is 4.74 Å². The molecule has 1 atom stereocenters. The third-order valence-corrected chi connectivity index (χ3v) is 5.54. The van der Waals surface area contributed by atoms with E-state index in [0.29, 0.717) is 10.8 Å². The van der Waals surface area contributed by atoms with Gasteiger partial charge in [-0.2, -0.15) is 0 Å². The number of carbonyl (C=O) groups is 1. The predicted octanol–water partition coefficient (Wildman–Crippen LogP) is 3.73. The molecule has 0 aliphatic carbocycles. The van der Waals surface area contributed by atoms with Gasteiger partial charge in [0, 0.05) is 18.3 Å². The van der Waals surface area contributed by atoms with Crippen LogP contribution in [0.3, 0.4) is 0 Å². The van der Waals surface area contributed by atoms with Crippen molar-refractivity contribution in [1.29, 1.82) is 0 Å². The molecule has 0 fully saturated rings. The van der Waals surface area contributed by atoms with Crippen LogP contribution in [0.15, 0.2) is 53.4 Å². The Bertz CT molecular complexity index is 848. The van der Waals surface area contributed by atoms with Crippen molar-refractivity contribution in [2.45, 2.75) is 24.3 Å². The van der Waals surface area contributed by atoms with Crippen LogP contribution in [0.4, 0.5) is 0 Å². The Hall–Kier alpha value is -2.05. The lowest BCUT2D eigenvalue weighted by Gasteiger charge is -2.25. The summed E-state index contributed by atoms with van der Waals surface area (Å²) in [6.07, 6.45) is 1.41. The molecule has 2 aromatic carbocycles. The third kappa shape index (κ3) is 5.47. The zero-order valence-electron chi connectivity index (χ0n) is 15.0. The average Bonchev–Trinajstić information content (AvgIpc) is 2.61. The van der Waals surface area contributed by atoms with Gasteiger partial charge in [-0.3, -0.25) is 4.79 Å². The molecule has 0 heterocycles. The third-order valence-electron chi connectivity index (χ3n) is 4.16. The van der Waals surface area contributed by atoms with E-state index in [4.69, 9.17) is 16.3 Å². The SMILES string of the molecule is CC(c1ccc(S(C)(=O)=O)cc1)N(C)C(=O)CCOc1ccc(Cl)cc1. The molecule has 0 aliphatic rings. The van der Waals surface area contributed by atoms with Crippen molar-refractivity contribution < 1.29 is 17.9 Å². The van der Waals surface area contributed by atoms with Crippen LogP contribution in [0.5, 0.6) is 5.75 Å². The fourth-order valence-electron chi connectivity index (χ4n) is 2.40. The molecule has 7 heteroatoms. The number of ether oxygens (including phenoxy) is 1. The summed E-state index contributed by atoms with van der Waals surface area (Å²) in [5.41, 5.74) is 0.867. The summed E-state index contributed by atoms with van der Waals surface area (Å²) in [6.45, 7) is 2.16. The molecular weight excluding hydrogens is 374 g/mol. The van der Waals surface area contributed by atoms with Crippen molar-refractivity contribution in [3.63, 3.8) is 0 Å². The molecule has 0 radical (unpaired) electrons. The number of halogens is 1. The monoisotopic (exact) mass is 395 g/mol. The highest BCUT2D eigenvalue weighted by atomic mass is 35.5. The van der Waals surface area contributed by atoms with Crippen LogP contribution in [0.1, 0.15) is 24.9 Å². The summed E-state index contributed by atoms with van der Waals surface area (Å²) >= 11 is 5.82. The summed E-state index contributed by atoms with van der Waals surface area (Å²) in [5, 5.41) is 0.629. The number of rotatable bonds is 7. The van der Waals surface area contributed by atoms with Crippen molar-refractivity contribution in [2.75, 3.05) is 19.9 Å². The van der Waals surface area contributed by atoms with Crippen molar-refractivity contribution in [3.05, 3.63) is 59.1 Å². The Kier molecular flexibility index (Phi) is 6.67. The number of sulfone groups is 1. The second kappa shape index (κ2) is 8.56. The molecule has 0 saturated heterocycles. The Balaban J connectivity index is 1.91. The molecule has 140 valence electrons. The van der Waals surface area contributed by atoms with Gasteiger partial charge in [0.2, 0.25) is 5.91 Å². The number of hydrogen-bond acceptors (Lipinski definition) is 4. The van der Waals surface area contributed by atoms with Crippen molar-refractivity contribution in [3.8, 4) is 5.75 Å². The zero-order valence-corrected chi connectivity index (χ0v) is 16.5. The van der Waals surface area contributed by atoms with Crippen LogP contribution in [0.2, 0.25) is 5.02 Å². The van der Waals surface area contributed by atoms with E-state index < -0.39 is 9.84 Å². The lowest BCUT2D eigenvalue weighted by atomic mass is 10.1. The molecule has 0 aromatic heterocycles. The second-order valence-corrected chi connectivity index (χ2v) is 8.53. The van der Waals surface area contributed by atoms with Crippen LogP contribution >= 0.6 is 11.6 Å². The van der Waals surface area contributed by atoms with Gasteiger partial charge in [-0.15, -0.1) is 0 Å². The maximum absolute atomic E-state index is 12.4. The molecule has 2 rings (SSSR count). The highest BCUT2D eigenvalue weighted by Crippen LogP contribution is 2.22. The van der Waals surface area contributed by atoms with Gasteiger partial charge in [0.15, 0.2) is 9.84 Å². The van der Waals surface area contributed by atoms with Crippen LogP contribution in [-0.4, -0.2) is 39.1 Å². The summed E-state index contributed by atoms with van der Waals surface area (Å²) < 4.78 is 28.6. The Labute approximate surface area is 159 Å². The molecule has 26 heavy (non-hydrogen) atoms. The molecule has 0 aliphatic heterocycles. The summed E-state index contributed by atoms with van der Waals surface area (Å²) in [4.78, 5) is 14.2. The molecule has 5 nitrogen and oxygen atoms in total. The van der Waals surface area contributed by atoms with Crippen molar-refractivity contribution in [1.82, 2.24) is 4.90 Å². The largest absolute Gasteiger partial charge is 0.493 e. The molecule has 2 aromatic rings. The van der Waals surface area contributed by atoms with Gasteiger partial charge >= 0.3 is 0 Å². The lowest BCUT2D eigenvalue weighted by Crippen LogP contribution is -2.30. The molecule has 0 spiro atoms. The van der Waals surface area contributed by atoms with E-state index in [1.54, 1.807) is 60.5 Å². The smallest absolute Gasteiger partial charge is 0.226 e. The van der Waals surface area contributed by atoms with Gasteiger partial charge < -0.3 is 9.64 Å². The Morgan fingerprint density at radius 3 is 2.23 bits per heavy atom. The van der Waals surface area contributed by atoms with Crippen molar-refractivity contribution in [2.24, 2.45) is 0 Å². The first-order valence-electron chi connectivity index (χ1n) is 8.12. The minimum Gasteiger partial charge on any atom is -0.493 e. The van der Waals surface area contributed by atoms with Gasteiger partial charge in [-0.1, -0.05) is 23.7 Å². The van der Waals surface area contributed by atoms with Crippen LogP contribution in [-0.2, 0) is 14.6 Å². The van der Waals surface area contributed by atoms with Gasteiger partial charge in [0.25, 0.3) is 0 Å². The zero-order chi connectivity index (χ0) is 19.3. The summed E-state index contributed by atoms with van der Waals surface area (Å²) in [7, 11) is -1.51. The average molecular weight is 396 g/mol. The number of benzene rings is 2. The minimum absolute atomic E-state index is 0.0568. The first-order valence-corrected chi connectivity index (χ1v) is 10.4. The molecule has 1 unspecified atom stereocenters. The number of carbonyl (C=O) groups excluding carboxylic acids is 1. The topological polar surface area (TPSA) is 63.7 Å². The number of nitrogens with zero attached hydrogens (tertiary/aromatic N) is 1. The van der Waals surface area contributed by atoms with E-state index in [9.17, 15) is 13.2 Å². The minimum atomic E-state index is -3.23. The lowest BCUT2D eigenvalue weighted by molar-refractivity contribution is -0.132. The quantitative estimate of drug-likeness (QED) is 0.716. The molecule has 0 bridgehead atoms. The molecule has 0 N–H and O–H groups in total. The van der Waals surface area contributed by atoms with Gasteiger partial charge in [-0.25, -0.2) is 8.42 Å². The second-order valence-electron chi connectivity index (χ2n) is 6.07. The highest BCUT2D eigenvalue weighted by molar-refractivity contribution is 7.90. The normalized spacial score (nSPS) is 12.5. The van der Waals surface area contributed by atoms with E-state index in [2.05, 4.69) is 0 Å². The van der Waals surface area contributed by atoms with E-state index in [1.807, 2.05) is 6.92 Å². The van der Waals surface area contributed by atoms with Crippen LogP contribution in [0.25, 0.3) is 0 Å². The number of hydrogen-bond donors (Lipinski definition) is 0. The van der Waals surface area contributed by atoms with E-state index in [-0.39, 0.29) is 29.9 Å². The summed E-state index contributed by atoms with van der Waals surface area (Å²) in [6, 6.07) is 13.4. The molecule has 0 saturated carbocycles. The Morgan fingerprint density at radius 2 is 1.69 bits per heavy atom. The maximum atomic E-state index is 12.4. The van der Waals surface area contributed by atoms with E-state index in [1.165, 1.54) is 6.26 Å². The fraction of sp³-hybridized carbons (Fsp3) is 0.316. The first-order chi connectivity index (χ1) is 12.2. The predicted molar refractivity (Wildman–Crippen MR) is 102 cm³/mol. The van der Waals surface area contributed by atoms with Gasteiger partial charge in [-0.05, 0) is 48.9 Å². The highest BCUT2D eigenvalue weighted by Gasteiger charge is 2.18. The fourth-order valence-corrected chi connectivity index (χ4v) is 3.15. The van der Waals surface area contributed by atoms with Gasteiger partial charge in [0.1, 0.15) is 5.75 Å². The van der Waals surface area contributed by atoms with Gasteiger partial charge in [0.05, 0.1) is 24.0 Å². The van der Waals surface area contributed by atoms with E-state index >= 15 is 0 Å². The van der Waals surface area contributed by atoms with Crippen LogP contribution in [0, 0.1) is 0 Å². The summed E-state index contributed by atoms with van der Waals surface area (Å²) in [5.74, 6) is 0.605. The standard InChI is InChI=1S/C19H22ClNO4S/c1-14(15-4-10-18(11-5-15)26(3,23)24)21(2)19(22)12-13-25-17-8-6-16(20)7-9-17/h4-11,14H,12-13H2,1-3H3. The van der Waals surface area contributed by atoms with E-state index in [0.717, 1.165) is 5.56 Å². The first kappa shape index (κ1) is 20.3.